The number of carbonyl (C=O) groups is 1. The fraction of sp³-hybridized carbons (Fsp3) is 0.304. The van der Waals surface area contributed by atoms with E-state index in [9.17, 15) is 9.18 Å². The van der Waals surface area contributed by atoms with Crippen molar-refractivity contribution in [3.05, 3.63) is 69.6 Å². The predicted molar refractivity (Wildman–Crippen MR) is 122 cm³/mol. The zero-order valence-corrected chi connectivity index (χ0v) is 18.8. The van der Waals surface area contributed by atoms with E-state index in [0.29, 0.717) is 27.7 Å². The Morgan fingerprint density at radius 3 is 2.73 bits per heavy atom. The molecule has 7 heteroatoms. The number of ether oxygens (including phenoxy) is 1. The quantitative estimate of drug-likeness (QED) is 0.441. The summed E-state index contributed by atoms with van der Waals surface area (Å²) < 4.78 is 20.7. The Kier molecular flexibility index (Phi) is 6.49. The highest BCUT2D eigenvalue weighted by molar-refractivity contribution is 9.10. The Morgan fingerprint density at radius 2 is 1.97 bits per heavy atom. The summed E-state index contributed by atoms with van der Waals surface area (Å²) in [5, 5.41) is 3.53. The van der Waals surface area contributed by atoms with Gasteiger partial charge in [-0.05, 0) is 55.4 Å². The number of rotatable bonds is 5. The van der Waals surface area contributed by atoms with Gasteiger partial charge in [-0.3, -0.25) is 9.69 Å². The van der Waals surface area contributed by atoms with Crippen molar-refractivity contribution in [2.75, 3.05) is 0 Å². The van der Waals surface area contributed by atoms with Crippen LogP contribution in [0.25, 0.3) is 6.08 Å². The van der Waals surface area contributed by atoms with Gasteiger partial charge in [0.2, 0.25) is 0 Å². The standard InChI is InChI=1S/C23H22BrFN2O2S/c24-17-10-11-21(29-14-15-6-4-5-9-19(15)25)16(12-17)13-20-22(28)27(23(30)26-20)18-7-2-1-3-8-18/h4-6,9-13,18H,1-3,7-8,14H2,(H,26,30)/b20-13-. The molecule has 1 aliphatic heterocycles. The number of carbonyl (C=O) groups excluding carboxylic acids is 1. The van der Waals surface area contributed by atoms with Crippen molar-refractivity contribution < 1.29 is 13.9 Å². The Bertz CT molecular complexity index is 1000. The van der Waals surface area contributed by atoms with E-state index >= 15 is 0 Å². The normalized spacial score (nSPS) is 18.7. The number of halogens is 2. The topological polar surface area (TPSA) is 41.6 Å². The molecule has 0 atom stereocenters. The minimum absolute atomic E-state index is 0.0957. The van der Waals surface area contributed by atoms with Crippen LogP contribution in [0.5, 0.6) is 5.75 Å². The summed E-state index contributed by atoms with van der Waals surface area (Å²) in [5.74, 6) is 0.146. The van der Waals surface area contributed by atoms with Crippen LogP contribution in [0.15, 0.2) is 52.6 Å². The number of nitrogens with zero attached hydrogens (tertiary/aromatic N) is 1. The molecule has 1 saturated carbocycles. The second-order valence-corrected chi connectivity index (χ2v) is 8.82. The molecule has 1 aliphatic carbocycles. The highest BCUT2D eigenvalue weighted by atomic mass is 79.9. The molecule has 4 rings (SSSR count). The largest absolute Gasteiger partial charge is 0.488 e. The molecular formula is C23H22BrFN2O2S. The van der Waals surface area contributed by atoms with Gasteiger partial charge in [-0.2, -0.15) is 0 Å². The zero-order chi connectivity index (χ0) is 21.1. The third kappa shape index (κ3) is 4.57. The minimum atomic E-state index is -0.310. The summed E-state index contributed by atoms with van der Waals surface area (Å²) in [6.07, 6.45) is 7.16. The minimum Gasteiger partial charge on any atom is -0.488 e. The fourth-order valence-corrected chi connectivity index (χ4v) is 4.63. The number of thiocarbonyl (C=S) groups is 1. The van der Waals surface area contributed by atoms with Crippen LogP contribution in [0.3, 0.4) is 0 Å². The average Bonchev–Trinajstić information content (AvgIpc) is 3.02. The van der Waals surface area contributed by atoms with E-state index in [1.807, 2.05) is 12.1 Å². The van der Waals surface area contributed by atoms with Crippen LogP contribution in [-0.4, -0.2) is 22.0 Å². The number of nitrogens with one attached hydrogen (secondary N) is 1. The molecule has 1 amide bonds. The molecule has 2 aliphatic rings. The second kappa shape index (κ2) is 9.27. The Hall–Kier alpha value is -2.25. The van der Waals surface area contributed by atoms with E-state index in [1.165, 1.54) is 12.5 Å². The summed E-state index contributed by atoms with van der Waals surface area (Å²) in [6, 6.07) is 12.2. The molecule has 2 aromatic carbocycles. The van der Waals surface area contributed by atoms with Gasteiger partial charge in [-0.25, -0.2) is 4.39 Å². The maximum absolute atomic E-state index is 13.9. The van der Waals surface area contributed by atoms with Gasteiger partial charge >= 0.3 is 0 Å². The molecule has 156 valence electrons. The van der Waals surface area contributed by atoms with Crippen molar-refractivity contribution in [3.63, 3.8) is 0 Å². The summed E-state index contributed by atoms with van der Waals surface area (Å²) in [7, 11) is 0. The molecule has 0 bridgehead atoms. The van der Waals surface area contributed by atoms with E-state index in [-0.39, 0.29) is 24.4 Å². The fourth-order valence-electron chi connectivity index (χ4n) is 3.91. The molecule has 1 heterocycles. The van der Waals surface area contributed by atoms with Crippen LogP contribution in [0.1, 0.15) is 43.2 Å². The highest BCUT2D eigenvalue weighted by Gasteiger charge is 2.36. The first-order valence-electron chi connectivity index (χ1n) is 10.0. The number of amides is 1. The summed E-state index contributed by atoms with van der Waals surface area (Å²) in [6.45, 7) is 0.0957. The van der Waals surface area contributed by atoms with Crippen molar-refractivity contribution >= 4 is 45.2 Å². The van der Waals surface area contributed by atoms with Gasteiger partial charge in [0, 0.05) is 21.6 Å². The van der Waals surface area contributed by atoms with Crippen molar-refractivity contribution in [2.45, 2.75) is 44.8 Å². The molecule has 4 nitrogen and oxygen atoms in total. The van der Waals surface area contributed by atoms with Crippen LogP contribution in [-0.2, 0) is 11.4 Å². The lowest BCUT2D eigenvalue weighted by atomic mass is 9.94. The molecule has 0 radical (unpaired) electrons. The van der Waals surface area contributed by atoms with Crippen molar-refractivity contribution in [2.24, 2.45) is 0 Å². The molecule has 1 N–H and O–H groups in total. The SMILES string of the molecule is O=C1/C(=C/c2cc(Br)ccc2OCc2ccccc2F)NC(=S)N1C1CCCCC1. The monoisotopic (exact) mass is 488 g/mol. The smallest absolute Gasteiger partial charge is 0.276 e. The van der Waals surface area contributed by atoms with E-state index < -0.39 is 0 Å². The maximum Gasteiger partial charge on any atom is 0.276 e. The molecule has 0 aromatic heterocycles. The Balaban J connectivity index is 1.57. The summed E-state index contributed by atoms with van der Waals surface area (Å²) in [4.78, 5) is 14.8. The average molecular weight is 489 g/mol. The van der Waals surface area contributed by atoms with Gasteiger partial charge in [0.05, 0.1) is 0 Å². The van der Waals surface area contributed by atoms with Gasteiger partial charge in [0.25, 0.3) is 5.91 Å². The Labute approximate surface area is 189 Å². The van der Waals surface area contributed by atoms with E-state index in [2.05, 4.69) is 21.2 Å². The van der Waals surface area contributed by atoms with Crippen LogP contribution in [0, 0.1) is 5.82 Å². The molecular weight excluding hydrogens is 467 g/mol. The maximum atomic E-state index is 13.9. The van der Waals surface area contributed by atoms with Crippen LogP contribution < -0.4 is 10.1 Å². The van der Waals surface area contributed by atoms with Crippen molar-refractivity contribution in [1.29, 1.82) is 0 Å². The van der Waals surface area contributed by atoms with Crippen LogP contribution in [0.2, 0.25) is 0 Å². The molecule has 2 fully saturated rings. The van der Waals surface area contributed by atoms with Gasteiger partial charge in [-0.15, -0.1) is 0 Å². The highest BCUT2D eigenvalue weighted by Crippen LogP contribution is 2.30. The second-order valence-electron chi connectivity index (χ2n) is 7.52. The molecule has 1 saturated heterocycles. The first kappa shape index (κ1) is 21.0. The third-order valence-corrected chi connectivity index (χ3v) is 6.25. The van der Waals surface area contributed by atoms with E-state index in [1.54, 1.807) is 35.2 Å². The van der Waals surface area contributed by atoms with Gasteiger partial charge in [0.15, 0.2) is 5.11 Å². The molecule has 0 unspecified atom stereocenters. The van der Waals surface area contributed by atoms with Crippen LogP contribution >= 0.6 is 28.1 Å². The lowest BCUT2D eigenvalue weighted by Crippen LogP contribution is -2.41. The lowest BCUT2D eigenvalue weighted by Gasteiger charge is -2.29. The third-order valence-electron chi connectivity index (χ3n) is 5.46. The first-order chi connectivity index (χ1) is 14.5. The molecule has 2 aromatic rings. The predicted octanol–water partition coefficient (Wildman–Crippen LogP) is 5.56. The van der Waals surface area contributed by atoms with E-state index in [4.69, 9.17) is 17.0 Å². The van der Waals surface area contributed by atoms with Gasteiger partial charge < -0.3 is 10.1 Å². The van der Waals surface area contributed by atoms with Crippen molar-refractivity contribution in [3.8, 4) is 5.75 Å². The zero-order valence-electron chi connectivity index (χ0n) is 16.4. The summed E-state index contributed by atoms with van der Waals surface area (Å²) in [5.41, 5.74) is 1.61. The van der Waals surface area contributed by atoms with Crippen LogP contribution in [0.4, 0.5) is 4.39 Å². The number of hydrogen-bond acceptors (Lipinski definition) is 3. The van der Waals surface area contributed by atoms with E-state index in [0.717, 1.165) is 30.2 Å². The van der Waals surface area contributed by atoms with Gasteiger partial charge in [-0.1, -0.05) is 53.4 Å². The van der Waals surface area contributed by atoms with Gasteiger partial charge in [0.1, 0.15) is 23.9 Å². The molecule has 30 heavy (non-hydrogen) atoms. The first-order valence-corrected chi connectivity index (χ1v) is 11.2. The summed E-state index contributed by atoms with van der Waals surface area (Å²) >= 11 is 8.92. The Morgan fingerprint density at radius 1 is 1.20 bits per heavy atom. The number of hydrogen-bond donors (Lipinski definition) is 1. The molecule has 0 spiro atoms. The van der Waals surface area contributed by atoms with Crippen molar-refractivity contribution in [1.82, 2.24) is 10.2 Å². The number of benzene rings is 2. The lowest BCUT2D eigenvalue weighted by molar-refractivity contribution is -0.124.